The Morgan fingerprint density at radius 3 is 2.41 bits per heavy atom. The number of aliphatic carboxylic acids is 1. The van der Waals surface area contributed by atoms with Crippen LogP contribution in [0.3, 0.4) is 0 Å². The Morgan fingerprint density at radius 1 is 1.27 bits per heavy atom. The van der Waals surface area contributed by atoms with E-state index in [9.17, 15) is 4.79 Å². The van der Waals surface area contributed by atoms with Crippen molar-refractivity contribution in [2.24, 2.45) is 5.92 Å². The summed E-state index contributed by atoms with van der Waals surface area (Å²) in [6.45, 7) is 6.88. The minimum atomic E-state index is -0.648. The lowest BCUT2D eigenvalue weighted by Gasteiger charge is -2.29. The average Bonchev–Trinajstić information content (AvgIpc) is 2.47. The number of benzene rings is 1. The van der Waals surface area contributed by atoms with Gasteiger partial charge in [0.25, 0.3) is 0 Å². The molecule has 0 aromatic heterocycles. The summed E-state index contributed by atoms with van der Waals surface area (Å²) in [7, 11) is 0. The van der Waals surface area contributed by atoms with Crippen LogP contribution in [0, 0.1) is 19.8 Å². The van der Waals surface area contributed by atoms with Crippen molar-refractivity contribution in [1.29, 1.82) is 0 Å². The van der Waals surface area contributed by atoms with Gasteiger partial charge in [0, 0.05) is 12.1 Å². The number of ether oxygens (including phenoxy) is 1. The first-order valence-electron chi connectivity index (χ1n) is 8.15. The molecule has 0 spiro atoms. The summed E-state index contributed by atoms with van der Waals surface area (Å²) in [6.07, 6.45) is 3.42. The van der Waals surface area contributed by atoms with Crippen LogP contribution in [-0.4, -0.2) is 29.8 Å². The lowest BCUT2D eigenvalue weighted by Crippen LogP contribution is -2.42. The fourth-order valence-electron chi connectivity index (χ4n) is 3.19. The fourth-order valence-corrected chi connectivity index (χ4v) is 3.19. The summed E-state index contributed by atoms with van der Waals surface area (Å²) in [5.74, 6) is 0.176. The summed E-state index contributed by atoms with van der Waals surface area (Å²) in [6, 6.07) is 6.83. The highest BCUT2D eigenvalue weighted by atomic mass is 16.5. The van der Waals surface area contributed by atoms with Gasteiger partial charge < -0.3 is 15.2 Å². The Hall–Kier alpha value is -1.55. The van der Waals surface area contributed by atoms with E-state index in [-0.39, 0.29) is 12.0 Å². The first-order chi connectivity index (χ1) is 10.5. The van der Waals surface area contributed by atoms with Crippen molar-refractivity contribution in [3.8, 4) is 5.75 Å². The molecule has 2 rings (SSSR count). The van der Waals surface area contributed by atoms with E-state index in [4.69, 9.17) is 9.84 Å². The van der Waals surface area contributed by atoms with Gasteiger partial charge in [0.15, 0.2) is 0 Å². The fraction of sp³-hybridized carbons (Fsp3) is 0.611. The van der Waals surface area contributed by atoms with E-state index in [2.05, 4.69) is 38.2 Å². The molecule has 22 heavy (non-hydrogen) atoms. The molecule has 1 fully saturated rings. The Bertz CT molecular complexity index is 487. The van der Waals surface area contributed by atoms with Gasteiger partial charge in [-0.05, 0) is 57.6 Å². The molecule has 0 bridgehead atoms. The standard InChI is InChI=1S/C18H27NO3/c1-12-5-4-6-13(2)17(12)22-11-14(3)19-16-9-7-15(8-10-16)18(20)21/h4-6,14-16,19H,7-11H2,1-3H3,(H,20,21). The molecule has 2 N–H and O–H groups in total. The second kappa shape index (κ2) is 7.63. The van der Waals surface area contributed by atoms with Gasteiger partial charge in [0.1, 0.15) is 12.4 Å². The summed E-state index contributed by atoms with van der Waals surface area (Å²) in [5, 5.41) is 12.6. The molecule has 122 valence electrons. The Balaban J connectivity index is 1.77. The van der Waals surface area contributed by atoms with Crippen LogP contribution in [0.5, 0.6) is 5.75 Å². The number of aryl methyl sites for hydroxylation is 2. The van der Waals surface area contributed by atoms with Crippen molar-refractivity contribution in [1.82, 2.24) is 5.32 Å². The van der Waals surface area contributed by atoms with E-state index in [1.165, 1.54) is 0 Å². The quantitative estimate of drug-likeness (QED) is 0.846. The molecule has 0 radical (unpaired) electrons. The minimum absolute atomic E-state index is 0.153. The lowest BCUT2D eigenvalue weighted by atomic mass is 9.86. The van der Waals surface area contributed by atoms with Crippen LogP contribution < -0.4 is 10.1 Å². The van der Waals surface area contributed by atoms with Crippen LogP contribution in [-0.2, 0) is 4.79 Å². The molecule has 1 aromatic carbocycles. The summed E-state index contributed by atoms with van der Waals surface area (Å²) in [4.78, 5) is 11.0. The number of rotatable bonds is 6. The largest absolute Gasteiger partial charge is 0.491 e. The van der Waals surface area contributed by atoms with Crippen LogP contribution in [0.25, 0.3) is 0 Å². The van der Waals surface area contributed by atoms with Gasteiger partial charge in [-0.2, -0.15) is 0 Å². The summed E-state index contributed by atoms with van der Waals surface area (Å²) in [5.41, 5.74) is 2.32. The molecule has 1 aromatic rings. The molecule has 0 saturated heterocycles. The second-order valence-electron chi connectivity index (χ2n) is 6.49. The molecule has 4 nitrogen and oxygen atoms in total. The third kappa shape index (κ3) is 4.47. The van der Waals surface area contributed by atoms with E-state index in [0.717, 1.165) is 42.6 Å². The molecule has 1 aliphatic rings. The number of carbonyl (C=O) groups is 1. The third-order valence-electron chi connectivity index (χ3n) is 4.48. The zero-order chi connectivity index (χ0) is 16.1. The molecule has 0 amide bonds. The molecule has 1 saturated carbocycles. The SMILES string of the molecule is Cc1cccc(C)c1OCC(C)NC1CCC(C(=O)O)CC1. The predicted octanol–water partition coefficient (Wildman–Crippen LogP) is 3.30. The van der Waals surface area contributed by atoms with Crippen molar-refractivity contribution in [3.05, 3.63) is 29.3 Å². The Kier molecular flexibility index (Phi) is 5.83. The molecule has 1 atom stereocenters. The Labute approximate surface area is 132 Å². The highest BCUT2D eigenvalue weighted by Crippen LogP contribution is 2.25. The number of carboxylic acids is 1. The van der Waals surface area contributed by atoms with Crippen molar-refractivity contribution < 1.29 is 14.6 Å². The van der Waals surface area contributed by atoms with Gasteiger partial charge >= 0.3 is 5.97 Å². The molecule has 4 heteroatoms. The van der Waals surface area contributed by atoms with Gasteiger partial charge in [-0.1, -0.05) is 18.2 Å². The maximum absolute atomic E-state index is 11.0. The van der Waals surface area contributed by atoms with E-state index < -0.39 is 5.97 Å². The Morgan fingerprint density at radius 2 is 1.86 bits per heavy atom. The number of nitrogens with one attached hydrogen (secondary N) is 1. The van der Waals surface area contributed by atoms with Crippen molar-refractivity contribution >= 4 is 5.97 Å². The van der Waals surface area contributed by atoms with E-state index in [0.29, 0.717) is 12.6 Å². The van der Waals surface area contributed by atoms with E-state index >= 15 is 0 Å². The normalized spacial score (nSPS) is 23.0. The van der Waals surface area contributed by atoms with Gasteiger partial charge in [0.2, 0.25) is 0 Å². The highest BCUT2D eigenvalue weighted by Gasteiger charge is 2.26. The third-order valence-corrected chi connectivity index (χ3v) is 4.48. The zero-order valence-corrected chi connectivity index (χ0v) is 13.8. The highest BCUT2D eigenvalue weighted by molar-refractivity contribution is 5.70. The topological polar surface area (TPSA) is 58.6 Å². The minimum Gasteiger partial charge on any atom is -0.491 e. The monoisotopic (exact) mass is 305 g/mol. The lowest BCUT2D eigenvalue weighted by molar-refractivity contribution is -0.142. The first-order valence-corrected chi connectivity index (χ1v) is 8.15. The number of para-hydroxylation sites is 1. The second-order valence-corrected chi connectivity index (χ2v) is 6.49. The van der Waals surface area contributed by atoms with Gasteiger partial charge in [-0.15, -0.1) is 0 Å². The van der Waals surface area contributed by atoms with Crippen LogP contribution in [0.2, 0.25) is 0 Å². The van der Waals surface area contributed by atoms with Crippen molar-refractivity contribution in [2.75, 3.05) is 6.61 Å². The average molecular weight is 305 g/mol. The van der Waals surface area contributed by atoms with Crippen LogP contribution >= 0.6 is 0 Å². The molecule has 0 aliphatic heterocycles. The van der Waals surface area contributed by atoms with E-state index in [1.807, 2.05) is 6.07 Å². The molecule has 0 heterocycles. The number of hydrogen-bond acceptors (Lipinski definition) is 3. The maximum atomic E-state index is 11.0. The van der Waals surface area contributed by atoms with Crippen LogP contribution in [0.4, 0.5) is 0 Å². The molecule has 1 unspecified atom stereocenters. The summed E-state index contributed by atoms with van der Waals surface area (Å²) >= 11 is 0. The molecular weight excluding hydrogens is 278 g/mol. The maximum Gasteiger partial charge on any atom is 0.306 e. The van der Waals surface area contributed by atoms with Gasteiger partial charge in [-0.25, -0.2) is 0 Å². The number of carboxylic acid groups (broad SMARTS) is 1. The molecule has 1 aliphatic carbocycles. The van der Waals surface area contributed by atoms with Crippen molar-refractivity contribution in [2.45, 2.75) is 58.5 Å². The number of hydrogen-bond donors (Lipinski definition) is 2. The van der Waals surface area contributed by atoms with Gasteiger partial charge in [0.05, 0.1) is 5.92 Å². The van der Waals surface area contributed by atoms with Crippen LogP contribution in [0.1, 0.15) is 43.7 Å². The summed E-state index contributed by atoms with van der Waals surface area (Å²) < 4.78 is 5.97. The van der Waals surface area contributed by atoms with E-state index in [1.54, 1.807) is 0 Å². The zero-order valence-electron chi connectivity index (χ0n) is 13.8. The predicted molar refractivity (Wildman–Crippen MR) is 87.4 cm³/mol. The van der Waals surface area contributed by atoms with Gasteiger partial charge in [-0.3, -0.25) is 4.79 Å². The van der Waals surface area contributed by atoms with Crippen molar-refractivity contribution in [3.63, 3.8) is 0 Å². The first kappa shape index (κ1) is 16.8. The smallest absolute Gasteiger partial charge is 0.306 e. The van der Waals surface area contributed by atoms with Crippen LogP contribution in [0.15, 0.2) is 18.2 Å². The molecular formula is C18H27NO3.